The number of nitrogens with zero attached hydrogens (tertiary/aromatic N) is 1. The first-order valence-corrected chi connectivity index (χ1v) is 15.6. The van der Waals surface area contributed by atoms with Gasteiger partial charge >= 0.3 is 0 Å². The van der Waals surface area contributed by atoms with Gasteiger partial charge < -0.3 is 13.7 Å². The van der Waals surface area contributed by atoms with E-state index < -0.39 is 8.32 Å². The molecule has 0 aliphatic carbocycles. The molecule has 4 rings (SSSR count). The van der Waals surface area contributed by atoms with Crippen molar-refractivity contribution in [3.05, 3.63) is 71.4 Å². The molecule has 4 heteroatoms. The van der Waals surface area contributed by atoms with E-state index in [0.29, 0.717) is 23.2 Å². The second-order valence-electron chi connectivity index (χ2n) is 12.2. The van der Waals surface area contributed by atoms with Crippen molar-refractivity contribution >= 4 is 19.2 Å². The van der Waals surface area contributed by atoms with Gasteiger partial charge in [-0.1, -0.05) is 90.1 Å². The van der Waals surface area contributed by atoms with E-state index in [9.17, 15) is 0 Å². The SMILES string of the molecule is CC(C)[Si](OCc1c2n(c3ccccc13)C(c1ccccc1)CC2OC(C)(C)C)(C(C)C)C(C)C. The van der Waals surface area contributed by atoms with Crippen LogP contribution in [0.4, 0.5) is 0 Å². The normalized spacial score (nSPS) is 18.9. The number of para-hydroxylation sites is 1. The Morgan fingerprint density at radius 3 is 2.00 bits per heavy atom. The molecule has 0 saturated heterocycles. The fourth-order valence-corrected chi connectivity index (χ4v) is 12.2. The number of rotatable bonds is 8. The number of ether oxygens (including phenoxy) is 1. The molecule has 1 aromatic heterocycles. The lowest BCUT2D eigenvalue weighted by Crippen LogP contribution is -2.47. The topological polar surface area (TPSA) is 23.4 Å². The molecule has 1 aliphatic rings. The molecule has 0 bridgehead atoms. The molecule has 3 nitrogen and oxygen atoms in total. The van der Waals surface area contributed by atoms with Crippen LogP contribution in [-0.4, -0.2) is 18.5 Å². The maximum atomic E-state index is 7.18. The summed E-state index contributed by atoms with van der Waals surface area (Å²) in [7, 11) is -2.00. The van der Waals surface area contributed by atoms with E-state index >= 15 is 0 Å². The maximum absolute atomic E-state index is 7.18. The number of fused-ring (bicyclic) bond motifs is 3. The molecule has 2 unspecified atom stereocenters. The molecule has 0 amide bonds. The van der Waals surface area contributed by atoms with Crippen LogP contribution in [0, 0.1) is 0 Å². The lowest BCUT2D eigenvalue weighted by atomic mass is 10.00. The van der Waals surface area contributed by atoms with E-state index in [1.807, 2.05) is 0 Å². The molecule has 3 aromatic rings. The zero-order valence-corrected chi connectivity index (χ0v) is 24.3. The highest BCUT2D eigenvalue weighted by molar-refractivity contribution is 6.77. The van der Waals surface area contributed by atoms with Crippen LogP contribution < -0.4 is 0 Å². The Bertz CT molecular complexity index is 1120. The van der Waals surface area contributed by atoms with E-state index in [-0.39, 0.29) is 17.7 Å². The highest BCUT2D eigenvalue weighted by Crippen LogP contribution is 2.49. The van der Waals surface area contributed by atoms with Gasteiger partial charge in [0, 0.05) is 22.9 Å². The van der Waals surface area contributed by atoms with Gasteiger partial charge in [0.25, 0.3) is 0 Å². The smallest absolute Gasteiger partial charge is 0.200 e. The van der Waals surface area contributed by atoms with E-state index in [1.165, 1.54) is 27.7 Å². The van der Waals surface area contributed by atoms with Crippen molar-refractivity contribution in [1.82, 2.24) is 4.57 Å². The van der Waals surface area contributed by atoms with Gasteiger partial charge in [0.15, 0.2) is 0 Å². The van der Waals surface area contributed by atoms with Crippen LogP contribution in [0.1, 0.15) is 97.7 Å². The zero-order valence-electron chi connectivity index (χ0n) is 23.3. The Kier molecular flexibility index (Phi) is 7.39. The lowest BCUT2D eigenvalue weighted by molar-refractivity contribution is -0.0621. The summed E-state index contributed by atoms with van der Waals surface area (Å²) < 4.78 is 16.5. The second kappa shape index (κ2) is 9.88. The molecule has 0 spiro atoms. The van der Waals surface area contributed by atoms with Gasteiger partial charge in [-0.25, -0.2) is 0 Å². The second-order valence-corrected chi connectivity index (χ2v) is 17.7. The van der Waals surface area contributed by atoms with Gasteiger partial charge in [-0.05, 0) is 49.0 Å². The Morgan fingerprint density at radius 1 is 0.857 bits per heavy atom. The van der Waals surface area contributed by atoms with Crippen molar-refractivity contribution in [2.75, 3.05) is 0 Å². The van der Waals surface area contributed by atoms with Gasteiger partial charge in [-0.2, -0.15) is 0 Å². The molecule has 0 saturated carbocycles. The van der Waals surface area contributed by atoms with Crippen molar-refractivity contribution in [3.63, 3.8) is 0 Å². The van der Waals surface area contributed by atoms with Crippen LogP contribution in [0.25, 0.3) is 10.9 Å². The molecule has 0 radical (unpaired) electrons. The third kappa shape index (κ3) is 4.77. The van der Waals surface area contributed by atoms with Gasteiger partial charge in [-0.15, -0.1) is 0 Å². The average Bonchev–Trinajstić information content (AvgIpc) is 3.29. The van der Waals surface area contributed by atoms with Gasteiger partial charge in [0.1, 0.15) is 6.10 Å². The third-order valence-electron chi connectivity index (χ3n) is 7.97. The minimum Gasteiger partial charge on any atom is -0.412 e. The minimum atomic E-state index is -2.00. The largest absolute Gasteiger partial charge is 0.412 e. The monoisotopic (exact) mass is 491 g/mol. The molecule has 0 N–H and O–H groups in total. The Morgan fingerprint density at radius 2 is 1.43 bits per heavy atom. The number of hydrogen-bond acceptors (Lipinski definition) is 2. The first-order valence-electron chi connectivity index (χ1n) is 13.5. The highest BCUT2D eigenvalue weighted by Gasteiger charge is 2.46. The fourth-order valence-electron chi connectivity index (χ4n) is 6.80. The van der Waals surface area contributed by atoms with Crippen molar-refractivity contribution in [1.29, 1.82) is 0 Å². The average molecular weight is 492 g/mol. The van der Waals surface area contributed by atoms with Gasteiger partial charge in [0.2, 0.25) is 8.32 Å². The van der Waals surface area contributed by atoms with Gasteiger partial charge in [0.05, 0.1) is 23.9 Å². The summed E-state index contributed by atoms with van der Waals surface area (Å²) >= 11 is 0. The summed E-state index contributed by atoms with van der Waals surface area (Å²) in [5.74, 6) is 0. The van der Waals surface area contributed by atoms with Crippen molar-refractivity contribution < 1.29 is 9.16 Å². The lowest BCUT2D eigenvalue weighted by Gasteiger charge is -2.42. The van der Waals surface area contributed by atoms with Crippen molar-refractivity contribution in [2.24, 2.45) is 0 Å². The fraction of sp³-hybridized carbons (Fsp3) is 0.548. The van der Waals surface area contributed by atoms with E-state index in [4.69, 9.17) is 9.16 Å². The number of hydrogen-bond donors (Lipinski definition) is 0. The van der Waals surface area contributed by atoms with E-state index in [1.54, 1.807) is 0 Å². The maximum Gasteiger partial charge on any atom is 0.200 e. The van der Waals surface area contributed by atoms with E-state index in [0.717, 1.165) is 6.42 Å². The molecule has 2 heterocycles. The molecule has 35 heavy (non-hydrogen) atoms. The predicted octanol–water partition coefficient (Wildman–Crippen LogP) is 9.18. The summed E-state index contributed by atoms with van der Waals surface area (Å²) in [6, 6.07) is 20.1. The number of benzene rings is 2. The summed E-state index contributed by atoms with van der Waals surface area (Å²) in [5.41, 5.74) is 6.73. The summed E-state index contributed by atoms with van der Waals surface area (Å²) in [6.07, 6.45) is 0.995. The predicted molar refractivity (Wildman–Crippen MR) is 151 cm³/mol. The molecule has 0 fully saturated rings. The van der Waals surface area contributed by atoms with E-state index in [2.05, 4.69) is 121 Å². The number of aromatic nitrogens is 1. The van der Waals surface area contributed by atoms with Crippen LogP contribution in [0.15, 0.2) is 54.6 Å². The Balaban J connectivity index is 1.87. The van der Waals surface area contributed by atoms with Crippen LogP contribution in [0.3, 0.4) is 0 Å². The summed E-state index contributed by atoms with van der Waals surface area (Å²) in [4.78, 5) is 0. The van der Waals surface area contributed by atoms with Crippen LogP contribution in [-0.2, 0) is 15.8 Å². The summed E-state index contributed by atoms with van der Waals surface area (Å²) in [5, 5.41) is 1.31. The molecular weight excluding hydrogens is 446 g/mol. The molecule has 2 aromatic carbocycles. The molecular formula is C31H45NO2Si. The quantitative estimate of drug-likeness (QED) is 0.293. The first kappa shape index (κ1) is 26.2. The standard InChI is InChI=1S/C31H45NO2Si/c1-21(2)35(22(3)4,23(5)6)33-20-26-25-17-13-14-18-27(25)32-28(24-15-11-10-12-16-24)19-29(30(26)32)34-31(7,8)9/h10-18,21-23,28-29H,19-20H2,1-9H3. The van der Waals surface area contributed by atoms with Crippen molar-refractivity contribution in [2.45, 2.75) is 110 Å². The van der Waals surface area contributed by atoms with Crippen LogP contribution >= 0.6 is 0 Å². The third-order valence-corrected chi connectivity index (χ3v) is 14.0. The van der Waals surface area contributed by atoms with Crippen molar-refractivity contribution in [3.8, 4) is 0 Å². The van der Waals surface area contributed by atoms with Gasteiger partial charge in [-0.3, -0.25) is 0 Å². The minimum absolute atomic E-state index is 0.0411. The summed E-state index contributed by atoms with van der Waals surface area (Å²) in [6.45, 7) is 21.4. The zero-order chi connectivity index (χ0) is 25.5. The Hall–Kier alpha value is -1.88. The molecule has 190 valence electrons. The first-order chi connectivity index (χ1) is 16.5. The van der Waals surface area contributed by atoms with Crippen LogP contribution in [0.2, 0.25) is 16.6 Å². The molecule has 1 aliphatic heterocycles. The highest BCUT2D eigenvalue weighted by atomic mass is 28.4. The van der Waals surface area contributed by atoms with Crippen LogP contribution in [0.5, 0.6) is 0 Å². The molecule has 2 atom stereocenters. The Labute approximate surface area is 214 Å².